The van der Waals surface area contributed by atoms with Crippen molar-refractivity contribution in [3.8, 4) is 22.4 Å². The highest BCUT2D eigenvalue weighted by molar-refractivity contribution is 5.87. The molecule has 0 aliphatic carbocycles. The van der Waals surface area contributed by atoms with Gasteiger partial charge in [0.05, 0.1) is 43.2 Å². The summed E-state index contributed by atoms with van der Waals surface area (Å²) in [4.78, 5) is 70.6. The molecule has 2 aliphatic rings. The van der Waals surface area contributed by atoms with Gasteiger partial charge >= 0.3 is 12.2 Å². The first-order chi connectivity index (χ1) is 25.0. The number of ether oxygens (including phenoxy) is 2. The van der Waals surface area contributed by atoms with E-state index in [0.717, 1.165) is 64.3 Å². The normalized spacial score (nSPS) is 18.5. The molecule has 0 radical (unpaired) electrons. The molecule has 2 aliphatic heterocycles. The summed E-state index contributed by atoms with van der Waals surface area (Å²) in [6.07, 6.45) is 2.96. The van der Waals surface area contributed by atoms with Crippen LogP contribution >= 0.6 is 0 Å². The van der Waals surface area contributed by atoms with Gasteiger partial charge in [-0.3, -0.25) is 9.59 Å². The molecule has 0 bridgehead atoms. The zero-order valence-electron chi connectivity index (χ0n) is 30.6. The van der Waals surface area contributed by atoms with E-state index >= 15 is 0 Å². The molecule has 4 heterocycles. The van der Waals surface area contributed by atoms with Gasteiger partial charge in [-0.15, -0.1) is 0 Å². The van der Waals surface area contributed by atoms with Gasteiger partial charge < -0.3 is 39.9 Å². The first-order valence-corrected chi connectivity index (χ1v) is 17.9. The van der Waals surface area contributed by atoms with Gasteiger partial charge in [-0.1, -0.05) is 58.0 Å². The molecule has 52 heavy (non-hydrogen) atoms. The van der Waals surface area contributed by atoms with E-state index in [4.69, 9.17) is 14.5 Å². The lowest BCUT2D eigenvalue weighted by molar-refractivity contribution is -0.135. The second-order valence-corrected chi connectivity index (χ2v) is 14.3. The molecule has 1 unspecified atom stereocenters. The molecular weight excluding hydrogens is 664 g/mol. The monoisotopic (exact) mass is 712 g/mol. The highest BCUT2D eigenvalue weighted by atomic mass is 16.5. The van der Waals surface area contributed by atoms with Crippen molar-refractivity contribution in [1.29, 1.82) is 0 Å². The van der Waals surface area contributed by atoms with Crippen LogP contribution in [-0.4, -0.2) is 99.7 Å². The van der Waals surface area contributed by atoms with Gasteiger partial charge in [0.25, 0.3) is 0 Å². The number of nitrogens with one attached hydrogen (secondary N) is 4. The topological polar surface area (TPSA) is 175 Å². The van der Waals surface area contributed by atoms with E-state index in [-0.39, 0.29) is 35.6 Å². The Balaban J connectivity index is 1.12. The molecule has 2 fully saturated rings. The number of fused-ring (bicyclic) bond motifs is 1. The van der Waals surface area contributed by atoms with E-state index in [1.807, 2.05) is 45.9 Å². The van der Waals surface area contributed by atoms with Crippen LogP contribution in [0.15, 0.2) is 48.7 Å². The van der Waals surface area contributed by atoms with Gasteiger partial charge in [-0.2, -0.15) is 0 Å². The summed E-state index contributed by atoms with van der Waals surface area (Å²) in [5, 5.41) is 5.37. The van der Waals surface area contributed by atoms with Crippen LogP contribution in [0.4, 0.5) is 9.59 Å². The quantitative estimate of drug-likeness (QED) is 0.170. The number of rotatable bonds is 10. The number of benzene rings is 2. The summed E-state index contributed by atoms with van der Waals surface area (Å²) in [5.74, 6) is 1.19. The molecular formula is C38H48N8O6. The zero-order chi connectivity index (χ0) is 37.1. The van der Waals surface area contributed by atoms with Crippen LogP contribution < -0.4 is 10.6 Å². The van der Waals surface area contributed by atoms with Crippen LogP contribution in [0.3, 0.4) is 0 Å². The number of methoxy groups -OCH3 is 2. The van der Waals surface area contributed by atoms with E-state index in [2.05, 4.69) is 49.9 Å². The maximum absolute atomic E-state index is 13.5. The number of H-pyrrole nitrogens is 2. The molecule has 4 atom stereocenters. The summed E-state index contributed by atoms with van der Waals surface area (Å²) in [6, 6.07) is 12.8. The number of carbonyl (C=O) groups excluding carboxylic acids is 4. The van der Waals surface area contributed by atoms with E-state index < -0.39 is 24.3 Å². The summed E-state index contributed by atoms with van der Waals surface area (Å²) < 4.78 is 9.47. The maximum Gasteiger partial charge on any atom is 0.407 e. The summed E-state index contributed by atoms with van der Waals surface area (Å²) >= 11 is 0. The second kappa shape index (κ2) is 15.5. The number of amides is 4. The third-order valence-electron chi connectivity index (χ3n) is 10.1. The van der Waals surface area contributed by atoms with Gasteiger partial charge in [0.15, 0.2) is 0 Å². The van der Waals surface area contributed by atoms with Crippen molar-refractivity contribution in [2.75, 3.05) is 33.9 Å². The van der Waals surface area contributed by atoms with Crippen molar-refractivity contribution in [3.63, 3.8) is 0 Å². The van der Waals surface area contributed by atoms with Gasteiger partial charge in [0.2, 0.25) is 11.8 Å². The highest BCUT2D eigenvalue weighted by Crippen LogP contribution is 2.34. The lowest BCUT2D eigenvalue weighted by Gasteiger charge is -2.30. The van der Waals surface area contributed by atoms with E-state index in [1.54, 1.807) is 16.0 Å². The minimum Gasteiger partial charge on any atom is -0.453 e. The van der Waals surface area contributed by atoms with Crippen LogP contribution in [0.1, 0.15) is 70.6 Å². The van der Waals surface area contributed by atoms with Crippen LogP contribution in [0.2, 0.25) is 0 Å². The third-order valence-corrected chi connectivity index (χ3v) is 10.1. The molecule has 4 N–H and O–H groups in total. The fourth-order valence-electron chi connectivity index (χ4n) is 7.17. The number of nitrogens with zero attached hydrogens (tertiary/aromatic N) is 4. The average molecular weight is 713 g/mol. The summed E-state index contributed by atoms with van der Waals surface area (Å²) in [6.45, 7) is 9.30. The Bertz CT molecular complexity index is 1920. The van der Waals surface area contributed by atoms with E-state index in [0.29, 0.717) is 19.6 Å². The fourth-order valence-corrected chi connectivity index (χ4v) is 7.17. The molecule has 2 saturated heterocycles. The van der Waals surface area contributed by atoms with Crippen molar-refractivity contribution >= 4 is 35.0 Å². The van der Waals surface area contributed by atoms with Gasteiger partial charge in [0.1, 0.15) is 23.7 Å². The van der Waals surface area contributed by atoms with Crippen LogP contribution in [0.25, 0.3) is 33.4 Å². The Hall–Kier alpha value is -5.40. The van der Waals surface area contributed by atoms with Crippen molar-refractivity contribution in [1.82, 2.24) is 40.4 Å². The van der Waals surface area contributed by atoms with Crippen LogP contribution in [0.5, 0.6) is 0 Å². The lowest BCUT2D eigenvalue weighted by Crippen LogP contribution is -2.51. The summed E-state index contributed by atoms with van der Waals surface area (Å²) in [5.41, 5.74) is 5.69. The predicted molar refractivity (Wildman–Crippen MR) is 195 cm³/mol. The van der Waals surface area contributed by atoms with Gasteiger partial charge in [0, 0.05) is 25.6 Å². The molecule has 276 valence electrons. The standard InChI is InChI=1S/C38H48N8O6/c1-21(2)31(43-37(49)51-5)35(47)45-17-15-26(20-45)33-40-27-14-13-25(18-28(27)41-33)23-9-11-24(12-10-23)29-19-39-34(42-29)30-8-7-16-46(30)36(48)32(22(3)4)44-38(50)52-6/h9-14,18-19,21-22,26,30-32H,7-8,15-17,20H2,1-6H3,(H,39,42)(H,40,41)(H,43,49)(H,44,50)/t26?,30-,31-,32+/m0/s1. The molecule has 6 rings (SSSR count). The number of alkyl carbamates (subject to hydrolysis) is 2. The fraction of sp³-hybridized carbons (Fsp3) is 0.474. The molecule has 0 spiro atoms. The van der Waals surface area contributed by atoms with Crippen LogP contribution in [0, 0.1) is 11.8 Å². The average Bonchev–Trinajstić information content (AvgIpc) is 3.97. The SMILES string of the molecule is COC(=O)N[C@H](C(=O)N1CCC(c2nc3ccc(-c4ccc(-c5cnc([C@@H]6CCCN6C(=O)[C@H](NC(=O)OC)C(C)C)[nH]5)cc4)cc3[nH]2)C1)C(C)C. The number of aromatic amines is 2. The molecule has 2 aromatic carbocycles. The van der Waals surface area contributed by atoms with Gasteiger partial charge in [-0.25, -0.2) is 19.6 Å². The Kier molecular flexibility index (Phi) is 10.8. The van der Waals surface area contributed by atoms with Crippen molar-refractivity contribution in [3.05, 3.63) is 60.3 Å². The van der Waals surface area contributed by atoms with Crippen LogP contribution in [-0.2, 0) is 19.1 Å². The summed E-state index contributed by atoms with van der Waals surface area (Å²) in [7, 11) is 2.58. The predicted octanol–water partition coefficient (Wildman–Crippen LogP) is 5.36. The molecule has 14 nitrogen and oxygen atoms in total. The van der Waals surface area contributed by atoms with Crippen molar-refractivity contribution < 1.29 is 28.7 Å². The maximum atomic E-state index is 13.5. The number of likely N-dealkylation sites (tertiary alicyclic amines) is 2. The molecule has 0 saturated carbocycles. The Labute approximate surface area is 303 Å². The zero-order valence-corrected chi connectivity index (χ0v) is 30.6. The Morgan fingerprint density at radius 2 is 1.42 bits per heavy atom. The second-order valence-electron chi connectivity index (χ2n) is 14.3. The third kappa shape index (κ3) is 7.60. The minimum absolute atomic E-state index is 0.0620. The number of imidazole rings is 2. The van der Waals surface area contributed by atoms with Crippen molar-refractivity contribution in [2.24, 2.45) is 11.8 Å². The number of aromatic nitrogens is 4. The lowest BCUT2D eigenvalue weighted by atomic mass is 10.0. The van der Waals surface area contributed by atoms with E-state index in [1.165, 1.54) is 14.2 Å². The molecule has 4 aromatic rings. The first kappa shape index (κ1) is 36.4. The Morgan fingerprint density at radius 1 is 0.788 bits per heavy atom. The first-order valence-electron chi connectivity index (χ1n) is 17.9. The largest absolute Gasteiger partial charge is 0.453 e. The molecule has 14 heteroatoms. The molecule has 4 amide bonds. The van der Waals surface area contributed by atoms with Gasteiger partial charge in [-0.05, 0) is 59.9 Å². The minimum atomic E-state index is -0.688. The molecule has 2 aromatic heterocycles. The smallest absolute Gasteiger partial charge is 0.407 e. The number of hydrogen-bond donors (Lipinski definition) is 4. The number of carbonyl (C=O) groups is 4. The highest BCUT2D eigenvalue weighted by Gasteiger charge is 2.38. The van der Waals surface area contributed by atoms with E-state index in [9.17, 15) is 19.2 Å². The van der Waals surface area contributed by atoms with Crippen molar-refractivity contribution in [2.45, 2.75) is 71.0 Å². The number of hydrogen-bond acceptors (Lipinski definition) is 8. The Morgan fingerprint density at radius 3 is 2.08 bits per heavy atom.